The van der Waals surface area contributed by atoms with Gasteiger partial charge in [-0.25, -0.2) is 4.79 Å². The van der Waals surface area contributed by atoms with Gasteiger partial charge >= 0.3 is 6.09 Å². The Bertz CT molecular complexity index is 818. The second kappa shape index (κ2) is 12.4. The summed E-state index contributed by atoms with van der Waals surface area (Å²) in [5.41, 5.74) is 5.96. The molecule has 1 saturated heterocycles. The fourth-order valence-corrected chi connectivity index (χ4v) is 2.83. The molecular weight excluding hydrogens is 378 g/mol. The third-order valence-corrected chi connectivity index (χ3v) is 3.92. The molecule has 6 nitrogen and oxygen atoms in total. The van der Waals surface area contributed by atoms with Crippen molar-refractivity contribution in [3.05, 3.63) is 54.1 Å². The molecule has 1 aliphatic heterocycles. The monoisotopic (exact) mass is 411 g/mol. The summed E-state index contributed by atoms with van der Waals surface area (Å²) in [7, 11) is 0. The first-order chi connectivity index (χ1) is 14.3. The van der Waals surface area contributed by atoms with E-state index in [1.807, 2.05) is 62.4 Å². The number of anilines is 1. The highest BCUT2D eigenvalue weighted by Gasteiger charge is 2.16. The van der Waals surface area contributed by atoms with Crippen LogP contribution >= 0.6 is 0 Å². The maximum absolute atomic E-state index is 10.0. The van der Waals surface area contributed by atoms with Crippen molar-refractivity contribution in [1.82, 2.24) is 0 Å². The lowest BCUT2D eigenvalue weighted by molar-refractivity contribution is 0.0600. The van der Waals surface area contributed by atoms with Gasteiger partial charge in [-0.05, 0) is 57.9 Å². The van der Waals surface area contributed by atoms with Crippen molar-refractivity contribution in [1.29, 1.82) is 5.26 Å². The molecule has 1 aliphatic rings. The SMILES string of the molecule is CC.CC(C)(C)OC(N)=O.N#Cc1cc(Oc2ccccc2)ccc1N1CCCC1. The van der Waals surface area contributed by atoms with Crippen LogP contribution in [0.15, 0.2) is 48.5 Å². The minimum Gasteiger partial charge on any atom is -0.457 e. The van der Waals surface area contributed by atoms with E-state index in [0.717, 1.165) is 24.5 Å². The summed E-state index contributed by atoms with van der Waals surface area (Å²) in [6.45, 7) is 11.4. The van der Waals surface area contributed by atoms with E-state index in [4.69, 9.17) is 10.5 Å². The zero-order valence-corrected chi connectivity index (χ0v) is 18.6. The predicted molar refractivity (Wildman–Crippen MR) is 121 cm³/mol. The second-order valence-corrected chi connectivity index (χ2v) is 7.43. The van der Waals surface area contributed by atoms with Crippen LogP contribution in [0.2, 0.25) is 0 Å². The van der Waals surface area contributed by atoms with Crippen LogP contribution in [0, 0.1) is 11.3 Å². The minimum absolute atomic E-state index is 0.453. The number of carbonyl (C=O) groups is 1. The van der Waals surface area contributed by atoms with E-state index in [0.29, 0.717) is 11.3 Å². The first-order valence-corrected chi connectivity index (χ1v) is 10.3. The fraction of sp³-hybridized carbons (Fsp3) is 0.417. The van der Waals surface area contributed by atoms with Crippen molar-refractivity contribution < 1.29 is 14.3 Å². The summed E-state index contributed by atoms with van der Waals surface area (Å²) in [6.07, 6.45) is 1.68. The van der Waals surface area contributed by atoms with Crippen LogP contribution in [-0.4, -0.2) is 24.8 Å². The molecule has 1 heterocycles. The molecule has 6 heteroatoms. The largest absolute Gasteiger partial charge is 0.457 e. The maximum atomic E-state index is 10.0. The Balaban J connectivity index is 0.000000383. The molecule has 0 aromatic heterocycles. The third-order valence-electron chi connectivity index (χ3n) is 3.92. The van der Waals surface area contributed by atoms with Crippen LogP contribution < -0.4 is 15.4 Å². The van der Waals surface area contributed by atoms with Gasteiger partial charge in [0.05, 0.1) is 11.3 Å². The highest BCUT2D eigenvalue weighted by atomic mass is 16.6. The molecule has 1 fully saturated rings. The first-order valence-electron chi connectivity index (χ1n) is 10.3. The summed E-state index contributed by atoms with van der Waals surface area (Å²) >= 11 is 0. The van der Waals surface area contributed by atoms with Gasteiger partial charge < -0.3 is 20.1 Å². The van der Waals surface area contributed by atoms with Crippen molar-refractivity contribution in [2.24, 2.45) is 5.73 Å². The zero-order valence-electron chi connectivity index (χ0n) is 18.6. The summed E-state index contributed by atoms with van der Waals surface area (Å²) in [6, 6.07) is 17.6. The summed E-state index contributed by atoms with van der Waals surface area (Å²) < 4.78 is 10.3. The molecule has 0 aliphatic carbocycles. The number of carbonyl (C=O) groups excluding carboxylic acids is 1. The number of ether oxygens (including phenoxy) is 2. The van der Waals surface area contributed by atoms with Gasteiger partial charge in [-0.3, -0.25) is 0 Å². The molecule has 0 radical (unpaired) electrons. The van der Waals surface area contributed by atoms with Crippen molar-refractivity contribution >= 4 is 11.8 Å². The van der Waals surface area contributed by atoms with Crippen LogP contribution in [0.4, 0.5) is 10.5 Å². The molecule has 2 aromatic rings. The van der Waals surface area contributed by atoms with Crippen LogP contribution in [0.3, 0.4) is 0 Å². The number of hydrogen-bond acceptors (Lipinski definition) is 5. The summed E-state index contributed by atoms with van der Waals surface area (Å²) in [5.74, 6) is 1.49. The van der Waals surface area contributed by atoms with Crippen LogP contribution in [0.25, 0.3) is 0 Å². The van der Waals surface area contributed by atoms with Gasteiger partial charge in [-0.15, -0.1) is 0 Å². The average molecular weight is 412 g/mol. The molecule has 0 saturated carbocycles. The number of nitriles is 1. The quantitative estimate of drug-likeness (QED) is 0.683. The molecule has 3 rings (SSSR count). The number of rotatable bonds is 3. The Hall–Kier alpha value is -3.20. The first kappa shape index (κ1) is 24.8. The van der Waals surface area contributed by atoms with E-state index in [1.165, 1.54) is 12.8 Å². The average Bonchev–Trinajstić information content (AvgIpc) is 3.23. The molecule has 30 heavy (non-hydrogen) atoms. The lowest BCUT2D eigenvalue weighted by Crippen LogP contribution is -2.27. The third kappa shape index (κ3) is 8.87. The number of amides is 1. The molecular formula is C24H33N3O3. The van der Waals surface area contributed by atoms with Crippen molar-refractivity contribution in [2.45, 2.75) is 53.1 Å². The van der Waals surface area contributed by atoms with E-state index >= 15 is 0 Å². The Morgan fingerprint density at radius 2 is 1.63 bits per heavy atom. The standard InChI is InChI=1S/C17H16N2O.C5H11NO2.C2H6/c18-13-14-12-16(20-15-6-2-1-3-7-15)8-9-17(14)19-10-4-5-11-19;1-5(2,3)8-4(6)7;1-2/h1-3,6-9,12H,4-5,10-11H2;1-3H3,(H2,6,7);1-2H3. The van der Waals surface area contributed by atoms with Crippen molar-refractivity contribution in [2.75, 3.05) is 18.0 Å². The van der Waals surface area contributed by atoms with Gasteiger partial charge in [-0.2, -0.15) is 5.26 Å². The van der Waals surface area contributed by atoms with E-state index in [-0.39, 0.29) is 0 Å². The molecule has 2 N–H and O–H groups in total. The van der Waals surface area contributed by atoms with Crippen LogP contribution in [-0.2, 0) is 4.74 Å². The number of primary amides is 1. The van der Waals surface area contributed by atoms with Gasteiger partial charge in [0.1, 0.15) is 23.2 Å². The van der Waals surface area contributed by atoms with Gasteiger partial charge in [0, 0.05) is 19.2 Å². The van der Waals surface area contributed by atoms with E-state index in [2.05, 4.69) is 15.7 Å². The molecule has 0 unspecified atom stereocenters. The highest BCUT2D eigenvalue weighted by Crippen LogP contribution is 2.29. The summed E-state index contributed by atoms with van der Waals surface area (Å²) in [4.78, 5) is 12.3. The van der Waals surface area contributed by atoms with E-state index in [9.17, 15) is 10.1 Å². The number of para-hydroxylation sites is 1. The van der Waals surface area contributed by atoms with Crippen molar-refractivity contribution in [3.8, 4) is 17.6 Å². The number of nitrogens with zero attached hydrogens (tertiary/aromatic N) is 2. The van der Waals surface area contributed by atoms with Gasteiger partial charge in [-0.1, -0.05) is 32.0 Å². The Morgan fingerprint density at radius 1 is 1.03 bits per heavy atom. The minimum atomic E-state index is -0.725. The second-order valence-electron chi connectivity index (χ2n) is 7.43. The van der Waals surface area contributed by atoms with Gasteiger partial charge in [0.2, 0.25) is 0 Å². The van der Waals surface area contributed by atoms with E-state index in [1.54, 1.807) is 20.8 Å². The molecule has 162 valence electrons. The Morgan fingerprint density at radius 3 is 2.10 bits per heavy atom. The Kier molecular flexibility index (Phi) is 10.3. The lowest BCUT2D eigenvalue weighted by Gasteiger charge is -2.19. The predicted octanol–water partition coefficient (Wildman–Crippen LogP) is 5.86. The smallest absolute Gasteiger partial charge is 0.405 e. The lowest BCUT2D eigenvalue weighted by atomic mass is 10.1. The fourth-order valence-electron chi connectivity index (χ4n) is 2.83. The maximum Gasteiger partial charge on any atom is 0.405 e. The zero-order chi connectivity index (χ0) is 22.6. The van der Waals surface area contributed by atoms with E-state index < -0.39 is 11.7 Å². The normalized spacial score (nSPS) is 12.5. The van der Waals surface area contributed by atoms with Gasteiger partial charge in [0.25, 0.3) is 0 Å². The topological polar surface area (TPSA) is 88.6 Å². The van der Waals surface area contributed by atoms with Gasteiger partial charge in [0.15, 0.2) is 0 Å². The molecule has 0 bridgehead atoms. The number of nitrogens with two attached hydrogens (primary N) is 1. The summed E-state index contributed by atoms with van der Waals surface area (Å²) in [5, 5.41) is 9.34. The number of hydrogen-bond donors (Lipinski definition) is 1. The Labute approximate surface area is 180 Å². The molecule has 0 spiro atoms. The number of benzene rings is 2. The molecule has 2 aromatic carbocycles. The molecule has 1 amide bonds. The molecule has 0 atom stereocenters. The van der Waals surface area contributed by atoms with Crippen LogP contribution in [0.1, 0.15) is 53.0 Å². The highest BCUT2D eigenvalue weighted by molar-refractivity contribution is 5.65. The van der Waals surface area contributed by atoms with Crippen molar-refractivity contribution in [3.63, 3.8) is 0 Å². The van der Waals surface area contributed by atoms with Crippen LogP contribution in [0.5, 0.6) is 11.5 Å².